The third kappa shape index (κ3) is 4.15. The van der Waals surface area contributed by atoms with Crippen LogP contribution in [0.3, 0.4) is 0 Å². The maximum Gasteiger partial charge on any atom is 0.465 e. The second kappa shape index (κ2) is 8.01. The van der Waals surface area contributed by atoms with Crippen LogP contribution in [-0.4, -0.2) is 47.2 Å². The molecular formula is C23H32BNO5. The summed E-state index contributed by atoms with van der Waals surface area (Å²) in [7, 11) is -0.492. The number of nitrogens with zero attached hydrogens (tertiary/aromatic N) is 1. The highest BCUT2D eigenvalue weighted by molar-refractivity contribution is 6.50. The summed E-state index contributed by atoms with van der Waals surface area (Å²) in [6.45, 7) is 8.27. The quantitative estimate of drug-likeness (QED) is 0.676. The second-order valence-electron chi connectivity index (χ2n) is 9.86. The van der Waals surface area contributed by atoms with E-state index in [1.54, 1.807) is 0 Å². The first-order chi connectivity index (χ1) is 14.2. The molecule has 3 heterocycles. The van der Waals surface area contributed by atoms with Gasteiger partial charge < -0.3 is 18.9 Å². The van der Waals surface area contributed by atoms with Gasteiger partial charge in [-0.2, -0.15) is 0 Å². The van der Waals surface area contributed by atoms with Gasteiger partial charge >= 0.3 is 13.2 Å². The predicted molar refractivity (Wildman–Crippen MR) is 114 cm³/mol. The molecule has 1 aromatic carbocycles. The van der Waals surface area contributed by atoms with Crippen LogP contribution in [0.15, 0.2) is 30.3 Å². The Kier molecular flexibility index (Phi) is 5.70. The number of fused-ring (bicyclic) bond motifs is 2. The third-order valence-corrected chi connectivity index (χ3v) is 7.27. The van der Waals surface area contributed by atoms with Crippen LogP contribution < -0.4 is 0 Å². The van der Waals surface area contributed by atoms with Crippen LogP contribution in [0.25, 0.3) is 0 Å². The van der Waals surface area contributed by atoms with E-state index in [0.29, 0.717) is 12.8 Å². The van der Waals surface area contributed by atoms with E-state index in [2.05, 4.69) is 0 Å². The summed E-state index contributed by atoms with van der Waals surface area (Å²) in [5, 5.41) is 0. The minimum absolute atomic E-state index is 0.0419. The molecule has 0 N–H and O–H groups in total. The molecule has 0 spiro atoms. The Bertz CT molecular complexity index is 766. The van der Waals surface area contributed by atoms with Crippen molar-refractivity contribution in [1.29, 1.82) is 0 Å². The monoisotopic (exact) mass is 413 g/mol. The van der Waals surface area contributed by atoms with Gasteiger partial charge in [0.05, 0.1) is 11.2 Å². The summed E-state index contributed by atoms with van der Waals surface area (Å²) < 4.78 is 17.6. The smallest absolute Gasteiger partial charge is 0.445 e. The first-order valence-electron chi connectivity index (χ1n) is 11.0. The first-order valence-corrected chi connectivity index (χ1v) is 11.0. The molecule has 2 atom stereocenters. The van der Waals surface area contributed by atoms with Crippen LogP contribution in [0, 0.1) is 5.92 Å². The SMILES string of the molecule is CC1(C)OB(CC(=O)C2CC3CCC(C2)N3C(=O)OCc2ccccc2)OC1(C)C. The summed E-state index contributed by atoms with van der Waals surface area (Å²) in [5.41, 5.74) is 0.122. The van der Waals surface area contributed by atoms with Gasteiger partial charge in [0.25, 0.3) is 0 Å². The number of ketones is 1. The molecule has 2 unspecified atom stereocenters. The number of piperidine rings is 1. The number of carbonyl (C=O) groups excluding carboxylic acids is 2. The van der Waals surface area contributed by atoms with Gasteiger partial charge in [-0.3, -0.25) is 4.79 Å². The zero-order chi connectivity index (χ0) is 21.5. The lowest BCUT2D eigenvalue weighted by Gasteiger charge is -2.37. The maximum absolute atomic E-state index is 13.0. The lowest BCUT2D eigenvalue weighted by molar-refractivity contribution is -0.123. The number of hydrogen-bond acceptors (Lipinski definition) is 5. The van der Waals surface area contributed by atoms with E-state index in [1.807, 2.05) is 62.9 Å². The number of hydrogen-bond donors (Lipinski definition) is 0. The average Bonchev–Trinajstić information content (AvgIpc) is 3.07. The molecule has 0 saturated carbocycles. The largest absolute Gasteiger partial charge is 0.465 e. The van der Waals surface area contributed by atoms with E-state index >= 15 is 0 Å². The molecule has 162 valence electrons. The summed E-state index contributed by atoms with van der Waals surface area (Å²) in [4.78, 5) is 27.6. The van der Waals surface area contributed by atoms with Crippen molar-refractivity contribution in [2.24, 2.45) is 5.92 Å². The van der Waals surface area contributed by atoms with Gasteiger partial charge in [-0.25, -0.2) is 4.79 Å². The van der Waals surface area contributed by atoms with Crippen LogP contribution in [0.2, 0.25) is 6.32 Å². The molecule has 3 aliphatic rings. The molecule has 0 aromatic heterocycles. The zero-order valence-corrected chi connectivity index (χ0v) is 18.4. The number of rotatable bonds is 5. The molecule has 1 amide bonds. The van der Waals surface area contributed by atoms with Crippen molar-refractivity contribution in [2.75, 3.05) is 0 Å². The first kappa shape index (κ1) is 21.4. The van der Waals surface area contributed by atoms with Gasteiger partial charge in [0.2, 0.25) is 0 Å². The molecule has 6 nitrogen and oxygen atoms in total. The maximum atomic E-state index is 13.0. The second-order valence-corrected chi connectivity index (χ2v) is 9.86. The zero-order valence-electron chi connectivity index (χ0n) is 18.4. The minimum Gasteiger partial charge on any atom is -0.445 e. The molecule has 0 aliphatic carbocycles. The van der Waals surface area contributed by atoms with Gasteiger partial charge in [-0.15, -0.1) is 0 Å². The average molecular weight is 413 g/mol. The van der Waals surface area contributed by atoms with Gasteiger partial charge in [-0.1, -0.05) is 30.3 Å². The molecule has 30 heavy (non-hydrogen) atoms. The van der Waals surface area contributed by atoms with Crippen LogP contribution in [0.1, 0.15) is 58.9 Å². The van der Waals surface area contributed by atoms with Crippen molar-refractivity contribution in [3.8, 4) is 0 Å². The molecular weight excluding hydrogens is 381 g/mol. The van der Waals surface area contributed by atoms with Crippen molar-refractivity contribution >= 4 is 19.0 Å². The van der Waals surface area contributed by atoms with Gasteiger partial charge in [0.1, 0.15) is 12.4 Å². The van der Waals surface area contributed by atoms with E-state index in [0.717, 1.165) is 18.4 Å². The van der Waals surface area contributed by atoms with Gasteiger partial charge in [-0.05, 0) is 58.9 Å². The molecule has 4 rings (SSSR count). The molecule has 2 bridgehead atoms. The van der Waals surface area contributed by atoms with Gasteiger partial charge in [0.15, 0.2) is 0 Å². The lowest BCUT2D eigenvalue weighted by Crippen LogP contribution is -2.48. The number of benzene rings is 1. The number of Topliss-reactive ketones (excluding diaryl/α,β-unsaturated/α-hetero) is 1. The Labute approximate surface area is 179 Å². The Hall–Kier alpha value is -1.86. The van der Waals surface area contributed by atoms with E-state index in [-0.39, 0.29) is 42.8 Å². The molecule has 7 heteroatoms. The topological polar surface area (TPSA) is 65.1 Å². The van der Waals surface area contributed by atoms with Crippen LogP contribution in [0.5, 0.6) is 0 Å². The fourth-order valence-corrected chi connectivity index (χ4v) is 4.91. The molecule has 3 fully saturated rings. The minimum atomic E-state index is -0.492. The third-order valence-electron chi connectivity index (χ3n) is 7.27. The Morgan fingerprint density at radius 1 is 1.03 bits per heavy atom. The molecule has 1 aromatic rings. The molecule has 3 aliphatic heterocycles. The summed E-state index contributed by atoms with van der Waals surface area (Å²) in [5.74, 6) is 0.141. The Morgan fingerprint density at radius 2 is 1.60 bits per heavy atom. The van der Waals surface area contributed by atoms with Crippen molar-refractivity contribution < 1.29 is 23.6 Å². The van der Waals surface area contributed by atoms with Crippen molar-refractivity contribution in [1.82, 2.24) is 4.90 Å². The van der Waals surface area contributed by atoms with Crippen molar-refractivity contribution in [3.63, 3.8) is 0 Å². The van der Waals surface area contributed by atoms with E-state index in [1.165, 1.54) is 0 Å². The number of ether oxygens (including phenoxy) is 1. The fourth-order valence-electron chi connectivity index (χ4n) is 4.91. The molecule has 3 saturated heterocycles. The Balaban J connectivity index is 1.31. The number of carbonyl (C=O) groups is 2. The van der Waals surface area contributed by atoms with E-state index in [9.17, 15) is 9.59 Å². The van der Waals surface area contributed by atoms with Crippen LogP contribution in [-0.2, 0) is 25.4 Å². The fraction of sp³-hybridized carbons (Fsp3) is 0.652. The van der Waals surface area contributed by atoms with E-state index < -0.39 is 18.3 Å². The standard InChI is InChI=1S/C23H32BNO5/c1-22(2)23(3,4)30-24(29-22)14-20(26)17-12-18-10-11-19(13-17)25(18)21(27)28-15-16-8-6-5-7-9-16/h5-9,17-19H,10-15H2,1-4H3. The normalized spacial score (nSPS) is 29.1. The summed E-state index contributed by atoms with van der Waals surface area (Å²) in [6.07, 6.45) is 3.29. The predicted octanol–water partition coefficient (Wildman–Crippen LogP) is 4.23. The summed E-state index contributed by atoms with van der Waals surface area (Å²) in [6, 6.07) is 9.87. The van der Waals surface area contributed by atoms with Crippen molar-refractivity contribution in [3.05, 3.63) is 35.9 Å². The van der Waals surface area contributed by atoms with Crippen molar-refractivity contribution in [2.45, 2.75) is 89.6 Å². The highest BCUT2D eigenvalue weighted by Gasteiger charge is 2.53. The van der Waals surface area contributed by atoms with E-state index in [4.69, 9.17) is 14.0 Å². The Morgan fingerprint density at radius 3 is 2.17 bits per heavy atom. The van der Waals surface area contributed by atoms with Crippen LogP contribution in [0.4, 0.5) is 4.79 Å². The summed E-state index contributed by atoms with van der Waals surface area (Å²) >= 11 is 0. The number of amides is 1. The lowest BCUT2D eigenvalue weighted by atomic mass is 9.75. The van der Waals surface area contributed by atoms with Crippen LogP contribution >= 0.6 is 0 Å². The highest BCUT2D eigenvalue weighted by atomic mass is 16.7. The molecule has 0 radical (unpaired) electrons. The highest BCUT2D eigenvalue weighted by Crippen LogP contribution is 2.42. The van der Waals surface area contributed by atoms with Gasteiger partial charge in [0, 0.05) is 24.3 Å².